The number of thiazole rings is 1. The lowest BCUT2D eigenvalue weighted by Crippen LogP contribution is -2.41. The molecule has 0 unspecified atom stereocenters. The average molecular weight is 398 g/mol. The third-order valence-electron chi connectivity index (χ3n) is 4.52. The first kappa shape index (κ1) is 19.3. The molecule has 27 heavy (non-hydrogen) atoms. The number of carboxylic acids is 1. The molecule has 1 aliphatic rings. The van der Waals surface area contributed by atoms with E-state index in [0.717, 1.165) is 12.1 Å². The molecule has 0 aliphatic carbocycles. The molecule has 9 heteroatoms. The van der Waals surface area contributed by atoms with E-state index in [1.54, 1.807) is 16.3 Å². The predicted molar refractivity (Wildman–Crippen MR) is 93.2 cm³/mol. The van der Waals surface area contributed by atoms with Crippen LogP contribution in [0.5, 0.6) is 0 Å². The number of rotatable bonds is 4. The number of benzene rings is 1. The molecule has 1 fully saturated rings. The van der Waals surface area contributed by atoms with E-state index in [0.29, 0.717) is 42.2 Å². The molecule has 0 atom stereocenters. The number of nitrogens with zero attached hydrogens (tertiary/aromatic N) is 2. The van der Waals surface area contributed by atoms with E-state index in [9.17, 15) is 22.8 Å². The van der Waals surface area contributed by atoms with Gasteiger partial charge in [-0.05, 0) is 25.0 Å². The molecule has 1 saturated heterocycles. The molecule has 0 spiro atoms. The summed E-state index contributed by atoms with van der Waals surface area (Å²) < 4.78 is 38.5. The zero-order chi connectivity index (χ0) is 19.6. The topological polar surface area (TPSA) is 70.5 Å². The van der Waals surface area contributed by atoms with E-state index in [1.165, 1.54) is 17.4 Å². The zero-order valence-corrected chi connectivity index (χ0v) is 15.0. The van der Waals surface area contributed by atoms with Crippen molar-refractivity contribution in [1.29, 1.82) is 0 Å². The fourth-order valence-electron chi connectivity index (χ4n) is 2.99. The van der Waals surface area contributed by atoms with Crippen molar-refractivity contribution in [3.05, 3.63) is 40.9 Å². The second-order valence-electron chi connectivity index (χ2n) is 6.39. The van der Waals surface area contributed by atoms with Crippen LogP contribution in [0.15, 0.2) is 29.6 Å². The molecule has 1 aromatic heterocycles. The predicted octanol–water partition coefficient (Wildman–Crippen LogP) is 3.69. The zero-order valence-electron chi connectivity index (χ0n) is 14.2. The summed E-state index contributed by atoms with van der Waals surface area (Å²) in [6.45, 7) is 0.779. The number of hydrogen-bond acceptors (Lipinski definition) is 4. The summed E-state index contributed by atoms with van der Waals surface area (Å²) in [6.07, 6.45) is -3.53. The number of alkyl halides is 3. The van der Waals surface area contributed by atoms with Gasteiger partial charge >= 0.3 is 12.1 Å². The number of aromatic nitrogens is 1. The van der Waals surface area contributed by atoms with Crippen LogP contribution in [-0.4, -0.2) is 40.0 Å². The number of carbonyl (C=O) groups is 2. The van der Waals surface area contributed by atoms with Crippen LogP contribution in [0.2, 0.25) is 0 Å². The maximum absolute atomic E-state index is 12.8. The third kappa shape index (κ3) is 4.65. The Morgan fingerprint density at radius 2 is 1.96 bits per heavy atom. The number of hydrogen-bond donors (Lipinski definition) is 1. The van der Waals surface area contributed by atoms with Gasteiger partial charge in [0.25, 0.3) is 0 Å². The van der Waals surface area contributed by atoms with E-state index in [1.807, 2.05) is 0 Å². The molecule has 1 aromatic carbocycles. The molecule has 0 bridgehead atoms. The highest BCUT2D eigenvalue weighted by Gasteiger charge is 2.31. The van der Waals surface area contributed by atoms with Gasteiger partial charge in [0.1, 0.15) is 5.01 Å². The molecule has 0 saturated carbocycles. The molecule has 1 amide bonds. The van der Waals surface area contributed by atoms with Crippen molar-refractivity contribution < 1.29 is 27.9 Å². The van der Waals surface area contributed by atoms with Gasteiger partial charge in [0.05, 0.1) is 23.6 Å². The minimum atomic E-state index is -4.42. The molecule has 0 radical (unpaired) electrons. The molecular weight excluding hydrogens is 381 g/mol. The number of halogens is 3. The number of carbonyl (C=O) groups excluding carboxylic acids is 1. The van der Waals surface area contributed by atoms with Gasteiger partial charge < -0.3 is 10.0 Å². The van der Waals surface area contributed by atoms with Crippen molar-refractivity contribution in [3.63, 3.8) is 0 Å². The van der Waals surface area contributed by atoms with Gasteiger partial charge in [-0.1, -0.05) is 12.1 Å². The minimum absolute atomic E-state index is 0.0488. The van der Waals surface area contributed by atoms with Crippen LogP contribution in [0.1, 0.15) is 24.1 Å². The second-order valence-corrected chi connectivity index (χ2v) is 7.25. The summed E-state index contributed by atoms with van der Waals surface area (Å²) in [5.41, 5.74) is 0.114. The van der Waals surface area contributed by atoms with Crippen LogP contribution in [-0.2, 0) is 22.2 Å². The Hall–Kier alpha value is -2.42. The molecule has 1 N–H and O–H groups in total. The highest BCUT2D eigenvalue weighted by molar-refractivity contribution is 7.13. The monoisotopic (exact) mass is 398 g/mol. The van der Waals surface area contributed by atoms with Crippen molar-refractivity contribution in [2.75, 3.05) is 13.1 Å². The van der Waals surface area contributed by atoms with Crippen LogP contribution in [0.3, 0.4) is 0 Å². The molecule has 1 aliphatic heterocycles. The van der Waals surface area contributed by atoms with E-state index in [-0.39, 0.29) is 12.3 Å². The smallest absolute Gasteiger partial charge is 0.416 e. The van der Waals surface area contributed by atoms with Crippen LogP contribution in [0, 0.1) is 5.92 Å². The standard InChI is InChI=1S/C18H17F3N2O3S/c19-18(20,21)13-3-1-2-12(8-13)16-22-14(10-27-16)9-15(24)23-6-4-11(5-7-23)17(25)26/h1-3,8,10-11H,4-7,9H2,(H,25,26). The first-order valence-electron chi connectivity index (χ1n) is 8.36. The van der Waals surface area contributed by atoms with E-state index >= 15 is 0 Å². The Kier molecular flexibility index (Phi) is 5.50. The number of amides is 1. The van der Waals surface area contributed by atoms with Gasteiger partial charge in [-0.25, -0.2) is 4.98 Å². The lowest BCUT2D eigenvalue weighted by Gasteiger charge is -2.30. The SMILES string of the molecule is O=C(O)C1CCN(C(=O)Cc2csc(-c3cccc(C(F)(F)F)c3)n2)CC1. The van der Waals surface area contributed by atoms with Gasteiger partial charge in [-0.3, -0.25) is 9.59 Å². The minimum Gasteiger partial charge on any atom is -0.481 e. The summed E-state index contributed by atoms with van der Waals surface area (Å²) in [5, 5.41) is 11.1. The maximum atomic E-state index is 12.8. The first-order valence-corrected chi connectivity index (χ1v) is 9.24. The molecule has 2 heterocycles. The molecule has 5 nitrogen and oxygen atoms in total. The largest absolute Gasteiger partial charge is 0.481 e. The van der Waals surface area contributed by atoms with Crippen molar-refractivity contribution in [2.24, 2.45) is 5.92 Å². The number of piperidine rings is 1. The highest BCUT2D eigenvalue weighted by Crippen LogP contribution is 2.33. The number of aliphatic carboxylic acids is 1. The average Bonchev–Trinajstić information content (AvgIpc) is 3.09. The summed E-state index contributed by atoms with van der Waals surface area (Å²) in [5.74, 6) is -1.41. The van der Waals surface area contributed by atoms with Crippen molar-refractivity contribution in [3.8, 4) is 10.6 Å². The van der Waals surface area contributed by atoms with Crippen molar-refractivity contribution in [2.45, 2.75) is 25.4 Å². The fraction of sp³-hybridized carbons (Fsp3) is 0.389. The Morgan fingerprint density at radius 1 is 1.26 bits per heavy atom. The number of likely N-dealkylation sites (tertiary alicyclic amines) is 1. The highest BCUT2D eigenvalue weighted by atomic mass is 32.1. The third-order valence-corrected chi connectivity index (χ3v) is 5.46. The Bertz CT molecular complexity index is 842. The Balaban J connectivity index is 1.65. The lowest BCUT2D eigenvalue weighted by molar-refractivity contribution is -0.145. The number of carboxylic acid groups (broad SMARTS) is 1. The van der Waals surface area contributed by atoms with Crippen LogP contribution in [0.4, 0.5) is 13.2 Å². The van der Waals surface area contributed by atoms with E-state index < -0.39 is 23.6 Å². The maximum Gasteiger partial charge on any atom is 0.416 e. The van der Waals surface area contributed by atoms with Crippen LogP contribution < -0.4 is 0 Å². The summed E-state index contributed by atoms with van der Waals surface area (Å²) in [6, 6.07) is 4.93. The van der Waals surface area contributed by atoms with E-state index in [2.05, 4.69) is 4.98 Å². The summed E-state index contributed by atoms with van der Waals surface area (Å²) in [7, 11) is 0. The van der Waals surface area contributed by atoms with Crippen molar-refractivity contribution in [1.82, 2.24) is 9.88 Å². The van der Waals surface area contributed by atoms with Gasteiger partial charge in [0, 0.05) is 24.0 Å². The van der Waals surface area contributed by atoms with Crippen molar-refractivity contribution >= 4 is 23.2 Å². The molecule has 144 valence electrons. The van der Waals surface area contributed by atoms with E-state index in [4.69, 9.17) is 5.11 Å². The molecule has 3 rings (SSSR count). The van der Waals surface area contributed by atoms with Gasteiger partial charge in [0.15, 0.2) is 0 Å². The van der Waals surface area contributed by atoms with Crippen LogP contribution >= 0.6 is 11.3 Å². The summed E-state index contributed by atoms with van der Waals surface area (Å²) in [4.78, 5) is 29.2. The summed E-state index contributed by atoms with van der Waals surface area (Å²) >= 11 is 1.19. The van der Waals surface area contributed by atoms with Gasteiger partial charge in [-0.15, -0.1) is 11.3 Å². The Morgan fingerprint density at radius 3 is 2.59 bits per heavy atom. The van der Waals surface area contributed by atoms with Crippen LogP contribution in [0.25, 0.3) is 10.6 Å². The Labute approximate surface area is 157 Å². The van der Waals surface area contributed by atoms with Gasteiger partial charge in [-0.2, -0.15) is 13.2 Å². The second kappa shape index (κ2) is 7.67. The normalized spacial score (nSPS) is 15.7. The quantitative estimate of drug-likeness (QED) is 0.853. The fourth-order valence-corrected chi connectivity index (χ4v) is 3.81. The lowest BCUT2D eigenvalue weighted by atomic mass is 9.97. The molecular formula is C18H17F3N2O3S. The molecule has 2 aromatic rings. The first-order chi connectivity index (χ1) is 12.7. The van der Waals surface area contributed by atoms with Gasteiger partial charge in [0.2, 0.25) is 5.91 Å².